The number of nitriles is 1. The zero-order chi connectivity index (χ0) is 22.6. The monoisotopic (exact) mass is 434 g/mol. The van der Waals surface area contributed by atoms with E-state index in [4.69, 9.17) is 11.0 Å². The predicted octanol–water partition coefficient (Wildman–Crippen LogP) is 0.983. The Kier molecular flexibility index (Phi) is 6.53. The average molecular weight is 434 g/mol. The second-order valence-electron chi connectivity index (χ2n) is 6.21. The van der Waals surface area contributed by atoms with Gasteiger partial charge in [0.25, 0.3) is 5.16 Å². The van der Waals surface area contributed by atoms with Crippen molar-refractivity contribution in [3.8, 4) is 6.07 Å². The smallest absolute Gasteiger partial charge is 0.353 e. The van der Waals surface area contributed by atoms with E-state index in [1.807, 2.05) is 6.07 Å². The molecule has 30 heavy (non-hydrogen) atoms. The zero-order valence-electron chi connectivity index (χ0n) is 16.3. The SMILES string of the molecule is COC(=O)CN(c1nc(S(C)(=O)=O)nc(N)c1[N+](=O)[O-])C(C)c1ccc(C#N)cc1. The number of benzene rings is 1. The number of methoxy groups -OCH3 is 1. The summed E-state index contributed by atoms with van der Waals surface area (Å²) in [6.45, 7) is 1.13. The van der Waals surface area contributed by atoms with Crippen molar-refractivity contribution in [2.24, 2.45) is 0 Å². The molecule has 158 valence electrons. The van der Waals surface area contributed by atoms with E-state index in [-0.39, 0.29) is 0 Å². The van der Waals surface area contributed by atoms with Crippen LogP contribution in [0, 0.1) is 21.4 Å². The number of sulfone groups is 1. The van der Waals surface area contributed by atoms with Gasteiger partial charge in [0, 0.05) is 6.26 Å². The largest absolute Gasteiger partial charge is 0.468 e. The maximum Gasteiger partial charge on any atom is 0.353 e. The minimum atomic E-state index is -3.96. The molecule has 12 nitrogen and oxygen atoms in total. The lowest BCUT2D eigenvalue weighted by molar-refractivity contribution is -0.383. The van der Waals surface area contributed by atoms with Gasteiger partial charge >= 0.3 is 11.7 Å². The van der Waals surface area contributed by atoms with Crippen LogP contribution in [0.1, 0.15) is 24.1 Å². The van der Waals surface area contributed by atoms with Gasteiger partial charge in [-0.3, -0.25) is 14.9 Å². The molecule has 13 heteroatoms. The van der Waals surface area contributed by atoms with Gasteiger partial charge in [-0.25, -0.2) is 8.42 Å². The second kappa shape index (κ2) is 8.70. The first kappa shape index (κ1) is 22.5. The van der Waals surface area contributed by atoms with Crippen LogP contribution in [0.5, 0.6) is 0 Å². The van der Waals surface area contributed by atoms with Crippen molar-refractivity contribution in [2.45, 2.75) is 18.1 Å². The molecule has 0 fully saturated rings. The molecule has 2 N–H and O–H groups in total. The van der Waals surface area contributed by atoms with E-state index in [1.54, 1.807) is 19.1 Å². The van der Waals surface area contributed by atoms with Gasteiger partial charge in [0.1, 0.15) is 6.54 Å². The summed E-state index contributed by atoms with van der Waals surface area (Å²) in [5.41, 5.74) is 5.88. The molecular formula is C17H18N6O6S. The number of hydrogen-bond acceptors (Lipinski definition) is 11. The van der Waals surface area contributed by atoms with Crippen molar-refractivity contribution in [1.82, 2.24) is 9.97 Å². The van der Waals surface area contributed by atoms with E-state index in [0.717, 1.165) is 13.4 Å². The van der Waals surface area contributed by atoms with Crippen LogP contribution >= 0.6 is 0 Å². The van der Waals surface area contributed by atoms with Crippen molar-refractivity contribution in [1.29, 1.82) is 5.26 Å². The van der Waals surface area contributed by atoms with E-state index in [9.17, 15) is 23.3 Å². The summed E-state index contributed by atoms with van der Waals surface area (Å²) >= 11 is 0. The molecule has 0 aliphatic heterocycles. The van der Waals surface area contributed by atoms with Gasteiger partial charge in [-0.05, 0) is 24.6 Å². The van der Waals surface area contributed by atoms with Crippen molar-refractivity contribution in [2.75, 3.05) is 30.5 Å². The van der Waals surface area contributed by atoms with Gasteiger partial charge in [-0.15, -0.1) is 0 Å². The molecule has 0 aliphatic rings. The molecule has 0 radical (unpaired) electrons. The highest BCUT2D eigenvalue weighted by Gasteiger charge is 2.33. The third kappa shape index (κ3) is 4.78. The molecule has 1 heterocycles. The normalized spacial score (nSPS) is 11.9. The molecule has 2 rings (SSSR count). The van der Waals surface area contributed by atoms with Crippen molar-refractivity contribution >= 4 is 33.1 Å². The van der Waals surface area contributed by atoms with E-state index in [0.29, 0.717) is 11.1 Å². The summed E-state index contributed by atoms with van der Waals surface area (Å²) in [6, 6.07) is 7.53. The third-order valence-corrected chi connectivity index (χ3v) is 5.02. The Morgan fingerprint density at radius 1 is 1.37 bits per heavy atom. The first-order valence-electron chi connectivity index (χ1n) is 8.35. The second-order valence-corrected chi connectivity index (χ2v) is 8.12. The van der Waals surface area contributed by atoms with Crippen LogP contribution in [0.15, 0.2) is 29.4 Å². The van der Waals surface area contributed by atoms with Gasteiger partial charge in [0.15, 0.2) is 0 Å². The highest BCUT2D eigenvalue weighted by molar-refractivity contribution is 7.90. The molecule has 2 aromatic rings. The highest BCUT2D eigenvalue weighted by atomic mass is 32.2. The number of ether oxygens (including phenoxy) is 1. The molecule has 1 atom stereocenters. The van der Waals surface area contributed by atoms with Crippen LogP contribution in [0.2, 0.25) is 0 Å². The summed E-state index contributed by atoms with van der Waals surface area (Å²) in [5, 5.41) is 19.9. The number of esters is 1. The lowest BCUT2D eigenvalue weighted by Gasteiger charge is -2.29. The molecule has 0 saturated carbocycles. The van der Waals surface area contributed by atoms with E-state index in [1.165, 1.54) is 17.0 Å². The van der Waals surface area contributed by atoms with Crippen molar-refractivity contribution in [3.63, 3.8) is 0 Å². The average Bonchev–Trinajstić information content (AvgIpc) is 2.69. The van der Waals surface area contributed by atoms with Crippen LogP contribution in [-0.2, 0) is 19.4 Å². The topological polar surface area (TPSA) is 182 Å². The minimum Gasteiger partial charge on any atom is -0.468 e. The van der Waals surface area contributed by atoms with Gasteiger partial charge in [-0.2, -0.15) is 15.2 Å². The lowest BCUT2D eigenvalue weighted by atomic mass is 10.0. The van der Waals surface area contributed by atoms with Crippen LogP contribution in [0.3, 0.4) is 0 Å². The summed E-state index contributed by atoms with van der Waals surface area (Å²) in [4.78, 5) is 31.3. The third-order valence-electron chi connectivity index (χ3n) is 4.18. The molecule has 0 bridgehead atoms. The number of nitrogen functional groups attached to an aromatic ring is 1. The first-order chi connectivity index (χ1) is 14.0. The molecule has 0 spiro atoms. The Hall–Kier alpha value is -3.79. The number of nitrogens with two attached hydrogens (primary N) is 1. The van der Waals surface area contributed by atoms with Crippen LogP contribution in [0.4, 0.5) is 17.3 Å². The van der Waals surface area contributed by atoms with Crippen LogP contribution in [-0.4, -0.2) is 49.2 Å². The van der Waals surface area contributed by atoms with E-state index >= 15 is 0 Å². The minimum absolute atomic E-state index is 0.391. The maximum atomic E-state index is 12.0. The van der Waals surface area contributed by atoms with E-state index in [2.05, 4.69) is 14.7 Å². The van der Waals surface area contributed by atoms with Gasteiger partial charge in [0.05, 0.1) is 29.7 Å². The number of nitro groups is 1. The number of aromatic nitrogens is 2. The first-order valence-corrected chi connectivity index (χ1v) is 10.2. The fourth-order valence-corrected chi connectivity index (χ4v) is 3.11. The molecular weight excluding hydrogens is 416 g/mol. The van der Waals surface area contributed by atoms with E-state index < -0.39 is 55.8 Å². The number of carbonyl (C=O) groups excluding carboxylic acids is 1. The fourth-order valence-electron chi connectivity index (χ4n) is 2.60. The Morgan fingerprint density at radius 3 is 2.43 bits per heavy atom. The standard InChI is InChI=1S/C17H18N6O6S/c1-10(12-6-4-11(8-18)5-7-12)22(9-13(24)29-2)16-14(23(25)26)15(19)20-17(21-16)30(3,27)28/h4-7,10H,9H2,1-3H3,(H2,19,20,21). The molecule has 1 aromatic heterocycles. The summed E-state index contributed by atoms with van der Waals surface area (Å²) in [7, 11) is -2.82. The quantitative estimate of drug-likeness (QED) is 0.284. The van der Waals surface area contributed by atoms with Crippen LogP contribution < -0.4 is 10.6 Å². The molecule has 0 saturated heterocycles. The molecule has 0 amide bonds. The number of hydrogen-bond donors (Lipinski definition) is 1. The van der Waals surface area contributed by atoms with Gasteiger partial charge in [-0.1, -0.05) is 12.1 Å². The Bertz CT molecular complexity index is 1130. The Labute approximate surface area is 172 Å². The maximum absolute atomic E-state index is 12.0. The predicted molar refractivity (Wildman–Crippen MR) is 105 cm³/mol. The summed E-state index contributed by atoms with van der Waals surface area (Å²) in [5.74, 6) is -1.86. The zero-order valence-corrected chi connectivity index (χ0v) is 17.1. The van der Waals surface area contributed by atoms with Gasteiger partial charge < -0.3 is 15.4 Å². The molecule has 1 unspecified atom stereocenters. The summed E-state index contributed by atoms with van der Waals surface area (Å²) in [6.07, 6.45) is 0.825. The number of anilines is 2. The summed E-state index contributed by atoms with van der Waals surface area (Å²) < 4.78 is 28.5. The van der Waals surface area contributed by atoms with Crippen molar-refractivity contribution in [3.05, 3.63) is 45.5 Å². The number of nitrogens with zero attached hydrogens (tertiary/aromatic N) is 5. The lowest BCUT2D eigenvalue weighted by Crippen LogP contribution is -2.35. The van der Waals surface area contributed by atoms with Crippen LogP contribution in [0.25, 0.3) is 0 Å². The fraction of sp³-hybridized carbons (Fsp3) is 0.294. The highest BCUT2D eigenvalue weighted by Crippen LogP contribution is 2.36. The van der Waals surface area contributed by atoms with Gasteiger partial charge in [0.2, 0.25) is 21.5 Å². The Morgan fingerprint density at radius 2 is 1.97 bits per heavy atom. The molecule has 1 aromatic carbocycles. The number of rotatable bonds is 7. The van der Waals surface area contributed by atoms with Crippen molar-refractivity contribution < 1.29 is 22.9 Å². The number of carbonyl (C=O) groups is 1. The molecule has 0 aliphatic carbocycles. The Balaban J connectivity index is 2.74.